The number of hydrogen-bond acceptors (Lipinski definition) is 4. The third kappa shape index (κ3) is 3.18. The Kier molecular flexibility index (Phi) is 4.77. The smallest absolute Gasteiger partial charge is 0.0950 e. The summed E-state index contributed by atoms with van der Waals surface area (Å²) >= 11 is 0. The minimum atomic E-state index is 0.417. The first-order valence-corrected chi connectivity index (χ1v) is 7.14. The van der Waals surface area contributed by atoms with E-state index < -0.39 is 0 Å². The van der Waals surface area contributed by atoms with Gasteiger partial charge in [0.25, 0.3) is 0 Å². The van der Waals surface area contributed by atoms with Crippen molar-refractivity contribution in [2.45, 2.75) is 70.6 Å². The highest BCUT2D eigenvalue weighted by molar-refractivity contribution is 4.89. The first-order chi connectivity index (χ1) is 8.35. The van der Waals surface area contributed by atoms with Crippen molar-refractivity contribution in [3.05, 3.63) is 0 Å². The Morgan fingerprint density at radius 1 is 1.24 bits per heavy atom. The SMILES string of the molecule is CCCOC1CCCCC2N=NN(CC)C2C1. The lowest BCUT2D eigenvalue weighted by atomic mass is 9.91. The molecule has 17 heavy (non-hydrogen) atoms. The molecule has 0 aromatic heterocycles. The highest BCUT2D eigenvalue weighted by atomic mass is 16.5. The second-order valence-corrected chi connectivity index (χ2v) is 5.11. The van der Waals surface area contributed by atoms with Gasteiger partial charge in [0, 0.05) is 13.2 Å². The van der Waals surface area contributed by atoms with E-state index in [1.165, 1.54) is 25.7 Å². The van der Waals surface area contributed by atoms with Gasteiger partial charge in [-0.15, -0.1) is 0 Å². The topological polar surface area (TPSA) is 37.2 Å². The van der Waals surface area contributed by atoms with Gasteiger partial charge in [0.15, 0.2) is 0 Å². The summed E-state index contributed by atoms with van der Waals surface area (Å²) in [5.74, 6) is 0. The number of nitrogens with zero attached hydrogens (tertiary/aromatic N) is 3. The fourth-order valence-corrected chi connectivity index (χ4v) is 2.85. The summed E-state index contributed by atoms with van der Waals surface area (Å²) in [5, 5.41) is 10.9. The molecule has 98 valence electrons. The molecule has 3 unspecified atom stereocenters. The summed E-state index contributed by atoms with van der Waals surface area (Å²) in [6, 6.07) is 0.908. The van der Waals surface area contributed by atoms with Crippen LogP contribution in [-0.4, -0.2) is 36.3 Å². The molecule has 1 heterocycles. The molecule has 3 atom stereocenters. The van der Waals surface area contributed by atoms with Gasteiger partial charge in [-0.3, -0.25) is 5.01 Å². The van der Waals surface area contributed by atoms with Crippen molar-refractivity contribution in [3.8, 4) is 0 Å². The van der Waals surface area contributed by atoms with E-state index in [9.17, 15) is 0 Å². The van der Waals surface area contributed by atoms with Crippen LogP contribution in [0.3, 0.4) is 0 Å². The Morgan fingerprint density at radius 3 is 2.82 bits per heavy atom. The fourth-order valence-electron chi connectivity index (χ4n) is 2.85. The molecule has 1 aliphatic heterocycles. The van der Waals surface area contributed by atoms with Crippen LogP contribution in [0.2, 0.25) is 0 Å². The zero-order valence-corrected chi connectivity index (χ0v) is 11.1. The van der Waals surface area contributed by atoms with Crippen molar-refractivity contribution in [2.75, 3.05) is 13.2 Å². The van der Waals surface area contributed by atoms with Crippen LogP contribution in [0.5, 0.6) is 0 Å². The number of hydrogen-bond donors (Lipinski definition) is 0. The second-order valence-electron chi connectivity index (χ2n) is 5.11. The molecule has 1 fully saturated rings. The van der Waals surface area contributed by atoms with E-state index in [4.69, 9.17) is 4.74 Å². The van der Waals surface area contributed by atoms with E-state index in [1.54, 1.807) is 0 Å². The van der Waals surface area contributed by atoms with Gasteiger partial charge < -0.3 is 4.74 Å². The molecule has 0 N–H and O–H groups in total. The van der Waals surface area contributed by atoms with Crippen molar-refractivity contribution < 1.29 is 4.74 Å². The van der Waals surface area contributed by atoms with E-state index in [-0.39, 0.29) is 0 Å². The van der Waals surface area contributed by atoms with Gasteiger partial charge in [-0.25, -0.2) is 0 Å². The average Bonchev–Trinajstić information content (AvgIpc) is 2.69. The Balaban J connectivity index is 1.94. The van der Waals surface area contributed by atoms with Gasteiger partial charge in [-0.2, -0.15) is 5.11 Å². The number of ether oxygens (including phenoxy) is 1. The number of fused-ring (bicyclic) bond motifs is 1. The molecular weight excluding hydrogens is 214 g/mol. The Bertz CT molecular complexity index is 255. The van der Waals surface area contributed by atoms with E-state index in [2.05, 4.69) is 29.2 Å². The predicted molar refractivity (Wildman–Crippen MR) is 67.9 cm³/mol. The lowest BCUT2D eigenvalue weighted by molar-refractivity contribution is 0.0156. The van der Waals surface area contributed by atoms with Crippen LogP contribution >= 0.6 is 0 Å². The molecule has 0 aromatic rings. The van der Waals surface area contributed by atoms with Gasteiger partial charge in [-0.05, 0) is 32.6 Å². The third-order valence-corrected chi connectivity index (χ3v) is 3.80. The highest BCUT2D eigenvalue weighted by Crippen LogP contribution is 2.30. The second kappa shape index (κ2) is 6.34. The van der Waals surface area contributed by atoms with Gasteiger partial charge in [-0.1, -0.05) is 25.0 Å². The van der Waals surface area contributed by atoms with Crippen LogP contribution in [0, 0.1) is 0 Å². The normalized spacial score (nSPS) is 33.3. The Labute approximate surface area is 104 Å². The number of likely N-dealkylation sites (N-methyl/N-ethyl adjacent to an activating group) is 1. The maximum absolute atomic E-state index is 5.96. The minimum absolute atomic E-state index is 0.417. The fraction of sp³-hybridized carbons (Fsp3) is 1.00. The monoisotopic (exact) mass is 239 g/mol. The molecule has 4 nitrogen and oxygen atoms in total. The van der Waals surface area contributed by atoms with Gasteiger partial charge in [0.1, 0.15) is 0 Å². The summed E-state index contributed by atoms with van der Waals surface area (Å²) in [7, 11) is 0. The molecule has 0 bridgehead atoms. The quantitative estimate of drug-likeness (QED) is 0.755. The van der Waals surface area contributed by atoms with Gasteiger partial charge in [0.2, 0.25) is 0 Å². The van der Waals surface area contributed by atoms with E-state index in [1.807, 2.05) is 0 Å². The predicted octanol–water partition coefficient (Wildman–Crippen LogP) is 3.19. The van der Waals surface area contributed by atoms with Crippen molar-refractivity contribution in [1.82, 2.24) is 5.01 Å². The maximum Gasteiger partial charge on any atom is 0.0950 e. The van der Waals surface area contributed by atoms with Crippen molar-refractivity contribution in [2.24, 2.45) is 10.3 Å². The van der Waals surface area contributed by atoms with Crippen molar-refractivity contribution in [3.63, 3.8) is 0 Å². The third-order valence-electron chi connectivity index (χ3n) is 3.80. The first-order valence-electron chi connectivity index (χ1n) is 7.14. The van der Waals surface area contributed by atoms with Crippen LogP contribution in [0.1, 0.15) is 52.4 Å². The maximum atomic E-state index is 5.96. The van der Waals surface area contributed by atoms with E-state index in [0.29, 0.717) is 18.2 Å². The van der Waals surface area contributed by atoms with Crippen LogP contribution in [0.15, 0.2) is 10.3 Å². The van der Waals surface area contributed by atoms with E-state index >= 15 is 0 Å². The number of rotatable bonds is 4. The van der Waals surface area contributed by atoms with Crippen LogP contribution < -0.4 is 0 Å². The lowest BCUT2D eigenvalue weighted by Crippen LogP contribution is -2.39. The first kappa shape index (κ1) is 12.8. The molecule has 0 aromatic carbocycles. The Hall–Kier alpha value is -0.640. The zero-order valence-electron chi connectivity index (χ0n) is 11.1. The molecule has 2 aliphatic rings. The summed E-state index contributed by atoms with van der Waals surface area (Å²) in [5.41, 5.74) is 0. The van der Waals surface area contributed by atoms with Crippen LogP contribution in [-0.2, 0) is 4.74 Å². The molecule has 0 spiro atoms. The molecule has 1 aliphatic carbocycles. The molecule has 0 radical (unpaired) electrons. The standard InChI is InChI=1S/C13H25N3O/c1-3-9-17-11-7-5-6-8-12-13(10-11)16(4-2)15-14-12/h11-13H,3-10H2,1-2H3. The Morgan fingerprint density at radius 2 is 2.06 bits per heavy atom. The molecule has 2 rings (SSSR count). The summed E-state index contributed by atoms with van der Waals surface area (Å²) in [6.45, 7) is 6.18. The summed E-state index contributed by atoms with van der Waals surface area (Å²) in [6.07, 6.45) is 7.58. The molecule has 0 amide bonds. The van der Waals surface area contributed by atoms with Crippen LogP contribution in [0.4, 0.5) is 0 Å². The molecule has 1 saturated carbocycles. The van der Waals surface area contributed by atoms with Crippen LogP contribution in [0.25, 0.3) is 0 Å². The average molecular weight is 239 g/mol. The van der Waals surface area contributed by atoms with Gasteiger partial charge in [0.05, 0.1) is 18.2 Å². The molecule has 4 heteroatoms. The van der Waals surface area contributed by atoms with Gasteiger partial charge >= 0.3 is 0 Å². The largest absolute Gasteiger partial charge is 0.378 e. The van der Waals surface area contributed by atoms with Crippen molar-refractivity contribution in [1.29, 1.82) is 0 Å². The van der Waals surface area contributed by atoms with E-state index in [0.717, 1.165) is 26.0 Å². The zero-order chi connectivity index (χ0) is 12.1. The minimum Gasteiger partial charge on any atom is -0.378 e. The molecule has 0 saturated heterocycles. The summed E-state index contributed by atoms with van der Waals surface area (Å²) < 4.78 is 5.96. The highest BCUT2D eigenvalue weighted by Gasteiger charge is 2.34. The molecular formula is C13H25N3O. The van der Waals surface area contributed by atoms with Crippen molar-refractivity contribution >= 4 is 0 Å². The summed E-state index contributed by atoms with van der Waals surface area (Å²) in [4.78, 5) is 0. The lowest BCUT2D eigenvalue weighted by Gasteiger charge is -2.30.